The second kappa shape index (κ2) is 27.9. The standard InChI is InChI=1S/C41H64N2O33/c1-10-19(50)24(55)38(71-28(10)35(61)62)72-29-16(6-47)70-37(18(22(29)53)43-11(2)49)75-32-23(54)25(56)39(76-33(32)36(63)64)73-31-21(52)15(5-46)69-41(27(31)58)74-30-20(51)14(4-45)68-40(26(30)57)67-12(3-44)8-65-17(7-48)66-9-13(42)34(59)60/h3,7,10,12-33,37-41,45-47,50-58H,4-6,8-9,42H2,1-2H3,(H,43,49)(H,59,60)(H,61,62)(H,63,64). The van der Waals surface area contributed by atoms with E-state index in [0.717, 1.165) is 6.92 Å². The van der Waals surface area contributed by atoms with Crippen LogP contribution < -0.4 is 11.1 Å². The van der Waals surface area contributed by atoms with Gasteiger partial charge in [-0.05, 0) is 0 Å². The summed E-state index contributed by atoms with van der Waals surface area (Å²) in [6.07, 6.45) is -51.1. The van der Waals surface area contributed by atoms with E-state index in [-0.39, 0.29) is 12.6 Å². The van der Waals surface area contributed by atoms with Crippen LogP contribution >= 0.6 is 0 Å². The molecule has 436 valence electrons. The third kappa shape index (κ3) is 14.5. The van der Waals surface area contributed by atoms with Crippen LogP contribution in [0.25, 0.3) is 0 Å². The van der Waals surface area contributed by atoms with E-state index >= 15 is 0 Å². The Labute approximate surface area is 427 Å². The number of carbonyl (C=O) groups excluding carboxylic acids is 3. The van der Waals surface area contributed by atoms with E-state index in [9.17, 15) is 100 Å². The molecule has 76 heavy (non-hydrogen) atoms. The molecule has 35 nitrogen and oxygen atoms in total. The molecule has 5 saturated heterocycles. The summed E-state index contributed by atoms with van der Waals surface area (Å²) in [7, 11) is 0. The summed E-state index contributed by atoms with van der Waals surface area (Å²) < 4.78 is 65.5. The van der Waals surface area contributed by atoms with Crippen LogP contribution in [0.15, 0.2) is 0 Å². The van der Waals surface area contributed by atoms with Crippen molar-refractivity contribution in [1.29, 1.82) is 0 Å². The predicted molar refractivity (Wildman–Crippen MR) is 228 cm³/mol. The minimum absolute atomic E-state index is 0.0827. The van der Waals surface area contributed by atoms with Crippen LogP contribution in [0.2, 0.25) is 0 Å². The van der Waals surface area contributed by atoms with Crippen LogP contribution in [0, 0.1) is 5.92 Å². The topological polar surface area (TPSA) is 555 Å². The van der Waals surface area contributed by atoms with Gasteiger partial charge < -0.3 is 149 Å². The van der Waals surface area contributed by atoms with E-state index in [0.29, 0.717) is 0 Å². The van der Waals surface area contributed by atoms with E-state index in [1.54, 1.807) is 0 Å². The zero-order chi connectivity index (χ0) is 56.6. The number of hydrogen-bond acceptors (Lipinski definition) is 31. The molecular formula is C41H64N2O33. The zero-order valence-electron chi connectivity index (χ0n) is 40.0. The van der Waals surface area contributed by atoms with Crippen molar-refractivity contribution in [3.05, 3.63) is 0 Å². The molecule has 0 aromatic heterocycles. The molecule has 0 saturated carbocycles. The molecule has 0 aliphatic carbocycles. The number of rotatable bonds is 25. The number of hydrogen-bond donors (Lipinski definition) is 17. The molecule has 5 aliphatic heterocycles. The van der Waals surface area contributed by atoms with Gasteiger partial charge in [-0.2, -0.15) is 0 Å². The summed E-state index contributed by atoms with van der Waals surface area (Å²) in [5, 5.41) is 162. The number of carboxylic acids is 3. The SMILES string of the molecule is CC(=O)NC1C(OC2C(C(=O)O)OC(OC3C(O)C(CO)OC(OC4C(O)C(CO)OC(OC(C=O)COC(C=O)OCC(N)C(=O)O)C4O)C3O)C(O)C2O)OC(CO)C(OC2OC(C(=O)O)C(C)C(O)C2O)C1O. The maximum atomic E-state index is 12.7. The molecule has 0 spiro atoms. The molecular weight excluding hydrogens is 1050 g/mol. The number of aliphatic hydroxyl groups excluding tert-OH is 12. The van der Waals surface area contributed by atoms with Gasteiger partial charge in [0.05, 0.1) is 39.1 Å². The van der Waals surface area contributed by atoms with Crippen molar-refractivity contribution in [2.45, 2.75) is 180 Å². The zero-order valence-corrected chi connectivity index (χ0v) is 40.0. The first-order valence-corrected chi connectivity index (χ1v) is 23.2. The van der Waals surface area contributed by atoms with Crippen LogP contribution in [-0.2, 0) is 85.6 Å². The van der Waals surface area contributed by atoms with E-state index in [1.165, 1.54) is 6.92 Å². The highest BCUT2D eigenvalue weighted by Crippen LogP contribution is 2.36. The van der Waals surface area contributed by atoms with Crippen LogP contribution in [0.1, 0.15) is 13.8 Å². The average Bonchev–Trinajstić information content (AvgIpc) is 3.37. The molecule has 0 aromatic carbocycles. The van der Waals surface area contributed by atoms with Crippen molar-refractivity contribution in [1.82, 2.24) is 5.32 Å². The molecule has 5 rings (SSSR count). The highest BCUT2D eigenvalue weighted by atomic mass is 16.8. The lowest BCUT2D eigenvalue weighted by molar-refractivity contribution is -0.387. The van der Waals surface area contributed by atoms with Crippen molar-refractivity contribution in [2.24, 2.45) is 11.7 Å². The Balaban J connectivity index is 1.30. The minimum Gasteiger partial charge on any atom is -0.480 e. The Morgan fingerprint density at radius 2 is 1.00 bits per heavy atom. The van der Waals surface area contributed by atoms with Crippen molar-refractivity contribution in [3.8, 4) is 0 Å². The number of aliphatic hydroxyl groups is 12. The fourth-order valence-electron chi connectivity index (χ4n) is 8.58. The first kappa shape index (κ1) is 63.1. The summed E-state index contributed by atoms with van der Waals surface area (Å²) in [4.78, 5) is 71.3. The normalized spacial score (nSPS) is 43.2. The quantitative estimate of drug-likeness (QED) is 0.0298. The Hall–Kier alpha value is -3.78. The number of carbonyl (C=O) groups is 6. The van der Waals surface area contributed by atoms with Crippen LogP contribution in [0.5, 0.6) is 0 Å². The summed E-state index contributed by atoms with van der Waals surface area (Å²) in [6, 6.07) is -3.41. The maximum Gasteiger partial charge on any atom is 0.335 e. The van der Waals surface area contributed by atoms with E-state index < -0.39 is 229 Å². The lowest BCUT2D eigenvalue weighted by Gasteiger charge is -2.49. The second-order valence-electron chi connectivity index (χ2n) is 18.0. The summed E-state index contributed by atoms with van der Waals surface area (Å²) in [5.74, 6) is -7.06. The molecule has 28 atom stereocenters. The fourth-order valence-corrected chi connectivity index (χ4v) is 8.58. The molecule has 1 amide bonds. The van der Waals surface area contributed by atoms with Crippen LogP contribution in [-0.4, -0.2) is 312 Å². The number of ether oxygens (including phenoxy) is 12. The fraction of sp³-hybridized carbons (Fsp3) is 0.854. The van der Waals surface area contributed by atoms with Gasteiger partial charge in [0.2, 0.25) is 12.2 Å². The van der Waals surface area contributed by atoms with Crippen molar-refractivity contribution in [3.63, 3.8) is 0 Å². The van der Waals surface area contributed by atoms with E-state index in [2.05, 4.69) is 5.32 Å². The monoisotopic (exact) mass is 1110 g/mol. The molecule has 5 aliphatic rings. The number of carboxylic acid groups (broad SMARTS) is 3. The molecule has 5 heterocycles. The Bertz CT molecular complexity index is 1930. The number of aliphatic carboxylic acids is 3. The first-order valence-electron chi connectivity index (χ1n) is 23.2. The molecule has 18 N–H and O–H groups in total. The molecule has 0 bridgehead atoms. The van der Waals surface area contributed by atoms with E-state index in [1.807, 2.05) is 0 Å². The third-order valence-corrected chi connectivity index (χ3v) is 12.7. The average molecular weight is 1110 g/mol. The van der Waals surface area contributed by atoms with Crippen molar-refractivity contribution >= 4 is 36.4 Å². The molecule has 0 aromatic rings. The van der Waals surface area contributed by atoms with Gasteiger partial charge in [-0.1, -0.05) is 6.92 Å². The smallest absolute Gasteiger partial charge is 0.335 e. The van der Waals surface area contributed by atoms with Gasteiger partial charge in [0.15, 0.2) is 56.2 Å². The van der Waals surface area contributed by atoms with Gasteiger partial charge in [0.25, 0.3) is 0 Å². The molecule has 28 unspecified atom stereocenters. The predicted octanol–water partition coefficient (Wildman–Crippen LogP) is -11.8. The van der Waals surface area contributed by atoms with Gasteiger partial charge in [0, 0.05) is 12.8 Å². The second-order valence-corrected chi connectivity index (χ2v) is 18.0. The molecule has 35 heteroatoms. The Kier molecular flexibility index (Phi) is 23.1. The van der Waals surface area contributed by atoms with Gasteiger partial charge in [-0.15, -0.1) is 0 Å². The highest BCUT2D eigenvalue weighted by Gasteiger charge is 2.58. The maximum absolute atomic E-state index is 12.7. The molecule has 5 fully saturated rings. The first-order chi connectivity index (χ1) is 35.8. The van der Waals surface area contributed by atoms with Crippen LogP contribution in [0.3, 0.4) is 0 Å². The van der Waals surface area contributed by atoms with Gasteiger partial charge in [-0.3, -0.25) is 14.4 Å². The number of aldehydes is 2. The summed E-state index contributed by atoms with van der Waals surface area (Å²) in [6.45, 7) is -2.50. The third-order valence-electron chi connectivity index (χ3n) is 12.7. The number of amides is 1. The minimum atomic E-state index is -2.44. The summed E-state index contributed by atoms with van der Waals surface area (Å²) in [5.41, 5.74) is 5.33. The van der Waals surface area contributed by atoms with E-state index in [4.69, 9.17) is 67.7 Å². The van der Waals surface area contributed by atoms with Crippen molar-refractivity contribution < 1.29 is 162 Å². The van der Waals surface area contributed by atoms with Crippen LogP contribution in [0.4, 0.5) is 0 Å². The lowest BCUT2D eigenvalue weighted by Crippen LogP contribution is -2.70. The summed E-state index contributed by atoms with van der Waals surface area (Å²) >= 11 is 0. The van der Waals surface area contributed by atoms with Crippen molar-refractivity contribution in [2.75, 3.05) is 33.0 Å². The van der Waals surface area contributed by atoms with Gasteiger partial charge in [-0.25, -0.2) is 9.59 Å². The largest absolute Gasteiger partial charge is 0.480 e. The Morgan fingerprint density at radius 1 is 0.539 bits per heavy atom. The van der Waals surface area contributed by atoms with Gasteiger partial charge >= 0.3 is 17.9 Å². The molecule has 0 radical (unpaired) electrons. The number of nitrogens with one attached hydrogen (secondary N) is 1. The number of nitrogens with two attached hydrogens (primary N) is 1. The lowest BCUT2D eigenvalue weighted by atomic mass is 9.90. The highest BCUT2D eigenvalue weighted by molar-refractivity contribution is 5.74. The van der Waals surface area contributed by atoms with Gasteiger partial charge in [0.1, 0.15) is 110 Å². The Morgan fingerprint density at radius 3 is 1.50 bits per heavy atom.